The number of nitriles is 1. The van der Waals surface area contributed by atoms with Gasteiger partial charge in [-0.3, -0.25) is 4.98 Å². The lowest BCUT2D eigenvalue weighted by Gasteiger charge is -2.27. The maximum atomic E-state index is 12.3. The van der Waals surface area contributed by atoms with Gasteiger partial charge in [0.15, 0.2) is 0 Å². The Kier molecular flexibility index (Phi) is 7.15. The highest BCUT2D eigenvalue weighted by molar-refractivity contribution is 6.36. The Morgan fingerprint density at radius 2 is 0.656 bits per heavy atom. The topological polar surface area (TPSA) is 46.5 Å². The smallest absolute Gasteiger partial charge is 0.104 e. The third-order valence-corrected chi connectivity index (χ3v) is 13.7. The van der Waals surface area contributed by atoms with Crippen molar-refractivity contribution < 1.29 is 0 Å². The summed E-state index contributed by atoms with van der Waals surface area (Å²) in [5, 5.41) is 26.5. The van der Waals surface area contributed by atoms with Crippen LogP contribution < -0.4 is 0 Å². The van der Waals surface area contributed by atoms with E-state index >= 15 is 0 Å². The molecule has 0 unspecified atom stereocenters. The van der Waals surface area contributed by atoms with E-state index in [1.165, 1.54) is 48.5 Å². The minimum absolute atomic E-state index is 0.579. The zero-order valence-corrected chi connectivity index (χ0v) is 34.4. The van der Waals surface area contributed by atoms with Gasteiger partial charge in [0.1, 0.15) is 11.6 Å². The number of rotatable bonds is 5. The molecule has 0 spiro atoms. The van der Waals surface area contributed by atoms with E-state index in [1.807, 2.05) is 12.4 Å². The monoisotopic (exact) mass is 810 g/mol. The second-order valence-electron chi connectivity index (χ2n) is 16.8. The molecule has 3 aromatic heterocycles. The zero-order valence-electron chi connectivity index (χ0n) is 34.4. The molecule has 294 valence electrons. The first kappa shape index (κ1) is 34.9. The molecule has 3 heterocycles. The molecule has 0 saturated heterocycles. The standard InChI is InChI=1S/C60H34N4/c61-33-46-59(63-48-30-14-27-43-39-23-10-11-24-40(39)44-28-15-31-49(63)56(44)55(43)48)53(37-19-6-2-7-20-37)52(36-17-4-1-5-18-36)54(38-21-8-3-9-22-38)60(46)64-50-32-16-29-45-41-25-12-13-26-42(41)47-34-62-35-51(64)58(47)57(45)50/h1-32,34-35H. The Bertz CT molecular complexity index is 3810. The summed E-state index contributed by atoms with van der Waals surface area (Å²) in [6, 6.07) is 72.4. The number of pyridine rings is 1. The summed E-state index contributed by atoms with van der Waals surface area (Å²) in [6.45, 7) is 0. The van der Waals surface area contributed by atoms with Crippen LogP contribution in [0.1, 0.15) is 5.56 Å². The lowest BCUT2D eigenvalue weighted by molar-refractivity contribution is 1.12. The van der Waals surface area contributed by atoms with Crippen LogP contribution in [0.2, 0.25) is 0 Å². The first-order valence-corrected chi connectivity index (χ1v) is 21.8. The second-order valence-corrected chi connectivity index (χ2v) is 16.8. The first-order chi connectivity index (χ1) is 31.8. The largest absolute Gasteiger partial charge is 0.307 e. The third kappa shape index (κ3) is 4.52. The predicted octanol–water partition coefficient (Wildman–Crippen LogP) is 15.6. The predicted molar refractivity (Wildman–Crippen MR) is 266 cm³/mol. The molecule has 14 aromatic rings. The summed E-state index contributed by atoms with van der Waals surface area (Å²) in [4.78, 5) is 4.99. The molecular formula is C60H34N4. The fourth-order valence-corrected chi connectivity index (χ4v) is 11.3. The molecule has 0 N–H and O–H groups in total. The minimum Gasteiger partial charge on any atom is -0.307 e. The van der Waals surface area contributed by atoms with Crippen LogP contribution in [0.4, 0.5) is 0 Å². The molecule has 0 atom stereocenters. The van der Waals surface area contributed by atoms with Crippen LogP contribution in [0.15, 0.2) is 207 Å². The van der Waals surface area contributed by atoms with Gasteiger partial charge in [0, 0.05) is 49.8 Å². The maximum absolute atomic E-state index is 12.3. The summed E-state index contributed by atoms with van der Waals surface area (Å²) in [7, 11) is 0. The van der Waals surface area contributed by atoms with Crippen LogP contribution in [-0.2, 0) is 0 Å². The Morgan fingerprint density at radius 3 is 1.08 bits per heavy atom. The third-order valence-electron chi connectivity index (χ3n) is 13.7. The lowest BCUT2D eigenvalue weighted by atomic mass is 9.82. The quantitative estimate of drug-likeness (QED) is 0.163. The molecule has 14 rings (SSSR count). The highest BCUT2D eigenvalue weighted by atomic mass is 15.0. The van der Waals surface area contributed by atoms with E-state index in [0.717, 1.165) is 83.0 Å². The van der Waals surface area contributed by atoms with Gasteiger partial charge >= 0.3 is 0 Å². The fourth-order valence-electron chi connectivity index (χ4n) is 11.3. The summed E-state index contributed by atoms with van der Waals surface area (Å²) in [5.41, 5.74) is 12.5. The number of hydrogen-bond donors (Lipinski definition) is 0. The van der Waals surface area contributed by atoms with Crippen molar-refractivity contribution in [2.45, 2.75) is 0 Å². The molecule has 4 nitrogen and oxygen atoms in total. The van der Waals surface area contributed by atoms with Crippen molar-refractivity contribution in [2.75, 3.05) is 0 Å². The van der Waals surface area contributed by atoms with E-state index in [4.69, 9.17) is 4.98 Å². The number of benzene rings is 11. The summed E-state index contributed by atoms with van der Waals surface area (Å²) >= 11 is 0. The first-order valence-electron chi connectivity index (χ1n) is 21.8. The van der Waals surface area contributed by atoms with Crippen molar-refractivity contribution in [1.82, 2.24) is 14.1 Å². The number of nitrogens with zero attached hydrogens (tertiary/aromatic N) is 4. The summed E-state index contributed by atoms with van der Waals surface area (Å²) in [5.74, 6) is 0. The van der Waals surface area contributed by atoms with Gasteiger partial charge < -0.3 is 9.13 Å². The average Bonchev–Trinajstić information content (AvgIpc) is 3.89. The molecule has 4 heteroatoms. The Balaban J connectivity index is 1.30. The molecule has 0 fully saturated rings. The van der Waals surface area contributed by atoms with Crippen molar-refractivity contribution in [2.24, 2.45) is 0 Å². The van der Waals surface area contributed by atoms with Crippen molar-refractivity contribution in [3.63, 3.8) is 0 Å². The van der Waals surface area contributed by atoms with Gasteiger partial charge in [-0.2, -0.15) is 5.26 Å². The normalized spacial score (nSPS) is 12.0. The van der Waals surface area contributed by atoms with Crippen LogP contribution in [-0.4, -0.2) is 14.1 Å². The van der Waals surface area contributed by atoms with Gasteiger partial charge in [0.25, 0.3) is 0 Å². The Labute approximate surface area is 367 Å². The second kappa shape index (κ2) is 13.1. The Morgan fingerprint density at radius 1 is 0.312 bits per heavy atom. The van der Waals surface area contributed by atoms with E-state index in [1.54, 1.807) is 0 Å². The molecule has 0 bridgehead atoms. The van der Waals surface area contributed by atoms with Crippen molar-refractivity contribution in [3.05, 3.63) is 212 Å². The minimum atomic E-state index is 0.579. The van der Waals surface area contributed by atoms with Crippen LogP contribution in [0.5, 0.6) is 0 Å². The molecule has 0 radical (unpaired) electrons. The van der Waals surface area contributed by atoms with E-state index in [-0.39, 0.29) is 0 Å². The highest BCUT2D eigenvalue weighted by Gasteiger charge is 2.33. The summed E-state index contributed by atoms with van der Waals surface area (Å²) < 4.78 is 4.77. The number of fused-ring (bicyclic) bond motifs is 6. The van der Waals surface area contributed by atoms with E-state index in [2.05, 4.69) is 209 Å². The molecule has 11 aromatic carbocycles. The molecule has 0 aliphatic carbocycles. The van der Waals surface area contributed by atoms with Crippen molar-refractivity contribution >= 4 is 86.7 Å². The van der Waals surface area contributed by atoms with Gasteiger partial charge in [-0.25, -0.2) is 0 Å². The lowest BCUT2D eigenvalue weighted by Crippen LogP contribution is -2.11. The van der Waals surface area contributed by atoms with Crippen molar-refractivity contribution in [3.8, 4) is 50.8 Å². The van der Waals surface area contributed by atoms with E-state index < -0.39 is 0 Å². The van der Waals surface area contributed by atoms with Gasteiger partial charge in [-0.15, -0.1) is 0 Å². The summed E-state index contributed by atoms with van der Waals surface area (Å²) in [6.07, 6.45) is 4.01. The fraction of sp³-hybridized carbons (Fsp3) is 0. The number of aromatic nitrogens is 3. The SMILES string of the molecule is N#Cc1c(-n2c3cccc4c5ccccc5c5cccc2c5c43)c(-c2ccccc2)c(-c2ccccc2)c(-c2ccccc2)c1-n1c2cccc3c4ccccc4c4cncc1c4c32. The molecule has 0 aliphatic rings. The molecule has 64 heavy (non-hydrogen) atoms. The van der Waals surface area contributed by atoms with Gasteiger partial charge in [0.2, 0.25) is 0 Å². The molecule has 0 saturated carbocycles. The van der Waals surface area contributed by atoms with Crippen LogP contribution >= 0.6 is 0 Å². The van der Waals surface area contributed by atoms with Crippen LogP contribution in [0, 0.1) is 11.3 Å². The van der Waals surface area contributed by atoms with Gasteiger partial charge in [-0.1, -0.05) is 176 Å². The molecule has 0 aliphatic heterocycles. The van der Waals surface area contributed by atoms with E-state index in [0.29, 0.717) is 5.56 Å². The number of hydrogen-bond acceptors (Lipinski definition) is 2. The molecular weight excluding hydrogens is 777 g/mol. The van der Waals surface area contributed by atoms with Gasteiger partial charge in [-0.05, 0) is 72.6 Å². The molecule has 0 amide bonds. The van der Waals surface area contributed by atoms with Crippen LogP contribution in [0.3, 0.4) is 0 Å². The average molecular weight is 811 g/mol. The van der Waals surface area contributed by atoms with Crippen LogP contribution in [0.25, 0.3) is 131 Å². The zero-order chi connectivity index (χ0) is 42.0. The van der Waals surface area contributed by atoms with E-state index in [9.17, 15) is 5.26 Å². The maximum Gasteiger partial charge on any atom is 0.104 e. The highest BCUT2D eigenvalue weighted by Crippen LogP contribution is 2.54. The van der Waals surface area contributed by atoms with Gasteiger partial charge in [0.05, 0.1) is 39.6 Å². The van der Waals surface area contributed by atoms with Crippen molar-refractivity contribution in [1.29, 1.82) is 5.26 Å². The Hall–Kier alpha value is -8.78.